The summed E-state index contributed by atoms with van der Waals surface area (Å²) in [5.41, 5.74) is 0. The topological polar surface area (TPSA) is 50.4 Å². The number of ether oxygens (including phenoxy) is 1. The van der Waals surface area contributed by atoms with Crippen molar-refractivity contribution in [1.82, 2.24) is 10.6 Å². The van der Waals surface area contributed by atoms with Crippen LogP contribution in [0, 0.1) is 0 Å². The Kier molecular flexibility index (Phi) is 7.52. The van der Waals surface area contributed by atoms with E-state index in [0.29, 0.717) is 25.6 Å². The molecule has 0 fully saturated rings. The molecule has 0 radical (unpaired) electrons. The van der Waals surface area contributed by atoms with Crippen LogP contribution in [0.25, 0.3) is 0 Å². The maximum atomic E-state index is 11.6. The number of hydrogen-bond acceptors (Lipinski definition) is 3. The van der Waals surface area contributed by atoms with E-state index in [9.17, 15) is 4.79 Å². The number of hydrogen-bond donors (Lipinski definition) is 2. The second-order valence-corrected chi connectivity index (χ2v) is 5.23. The van der Waals surface area contributed by atoms with Crippen molar-refractivity contribution in [3.8, 4) is 5.75 Å². The number of halogens is 1. The zero-order chi connectivity index (χ0) is 14.1. The zero-order valence-electron chi connectivity index (χ0n) is 11.4. The lowest BCUT2D eigenvalue weighted by Gasteiger charge is -2.13. The number of benzene rings is 1. The molecule has 19 heavy (non-hydrogen) atoms. The Bertz CT molecular complexity index is 399. The quantitative estimate of drug-likeness (QED) is 0.770. The fraction of sp³-hybridized carbons (Fsp3) is 0.500. The molecule has 1 aromatic carbocycles. The maximum Gasteiger partial charge on any atom is 0.223 e. The van der Waals surface area contributed by atoms with Gasteiger partial charge in [-0.3, -0.25) is 4.79 Å². The van der Waals surface area contributed by atoms with Crippen molar-refractivity contribution in [2.45, 2.75) is 26.3 Å². The van der Waals surface area contributed by atoms with Crippen LogP contribution in [-0.2, 0) is 4.79 Å². The lowest BCUT2D eigenvalue weighted by atomic mass is 10.3. The molecular formula is C14H21BrN2O2. The predicted octanol–water partition coefficient (Wildman–Crippen LogP) is 2.33. The lowest BCUT2D eigenvalue weighted by molar-refractivity contribution is -0.121. The molecule has 0 aliphatic rings. The molecule has 2 N–H and O–H groups in total. The molecule has 5 heteroatoms. The number of nitrogens with one attached hydrogen (secondary N) is 2. The van der Waals surface area contributed by atoms with E-state index in [4.69, 9.17) is 4.74 Å². The number of carbonyl (C=O) groups excluding carboxylic acids is 1. The highest BCUT2D eigenvalue weighted by atomic mass is 79.9. The van der Waals surface area contributed by atoms with Gasteiger partial charge >= 0.3 is 0 Å². The van der Waals surface area contributed by atoms with Crippen molar-refractivity contribution in [1.29, 1.82) is 0 Å². The molecular weight excluding hydrogens is 308 g/mol. The van der Waals surface area contributed by atoms with Crippen LogP contribution >= 0.6 is 15.9 Å². The first-order valence-corrected chi connectivity index (χ1v) is 7.29. The van der Waals surface area contributed by atoms with E-state index in [2.05, 4.69) is 26.6 Å². The Morgan fingerprint density at radius 3 is 2.95 bits per heavy atom. The minimum Gasteiger partial charge on any atom is -0.493 e. The minimum absolute atomic E-state index is 0.0137. The van der Waals surface area contributed by atoms with Crippen molar-refractivity contribution < 1.29 is 9.53 Å². The fourth-order valence-electron chi connectivity index (χ4n) is 1.59. The van der Waals surface area contributed by atoms with E-state index in [-0.39, 0.29) is 5.91 Å². The molecule has 0 heterocycles. The SMILES string of the molecule is CCN[C@H](C)CNC(=O)CCOc1cccc(Br)c1. The molecule has 0 aromatic heterocycles. The molecule has 0 bridgehead atoms. The monoisotopic (exact) mass is 328 g/mol. The predicted molar refractivity (Wildman–Crippen MR) is 80.4 cm³/mol. The van der Waals surface area contributed by atoms with Gasteiger partial charge in [0, 0.05) is 17.1 Å². The molecule has 1 amide bonds. The van der Waals surface area contributed by atoms with E-state index >= 15 is 0 Å². The Morgan fingerprint density at radius 1 is 1.47 bits per heavy atom. The van der Waals surface area contributed by atoms with Crippen LogP contribution in [0.1, 0.15) is 20.3 Å². The number of carbonyl (C=O) groups is 1. The van der Waals surface area contributed by atoms with Gasteiger partial charge in [0.1, 0.15) is 5.75 Å². The van der Waals surface area contributed by atoms with Crippen LogP contribution in [0.4, 0.5) is 0 Å². The summed E-state index contributed by atoms with van der Waals surface area (Å²) < 4.78 is 6.47. The normalized spacial score (nSPS) is 11.9. The van der Waals surface area contributed by atoms with Gasteiger partial charge in [-0.1, -0.05) is 28.9 Å². The molecule has 1 atom stereocenters. The standard InChI is InChI=1S/C14H21BrN2O2/c1-3-16-11(2)10-17-14(18)7-8-19-13-6-4-5-12(15)9-13/h4-6,9,11,16H,3,7-8,10H2,1-2H3,(H,17,18)/t11-/m1/s1. The van der Waals surface area contributed by atoms with Crippen molar-refractivity contribution >= 4 is 21.8 Å². The highest BCUT2D eigenvalue weighted by molar-refractivity contribution is 9.10. The molecule has 0 unspecified atom stereocenters. The molecule has 4 nitrogen and oxygen atoms in total. The summed E-state index contributed by atoms with van der Waals surface area (Å²) in [6, 6.07) is 7.88. The molecule has 0 aliphatic carbocycles. The Balaban J connectivity index is 2.17. The summed E-state index contributed by atoms with van der Waals surface area (Å²) in [4.78, 5) is 11.6. The van der Waals surface area contributed by atoms with Gasteiger partial charge < -0.3 is 15.4 Å². The van der Waals surface area contributed by atoms with Gasteiger partial charge in [-0.2, -0.15) is 0 Å². The summed E-state index contributed by atoms with van der Waals surface area (Å²) in [5, 5.41) is 6.11. The van der Waals surface area contributed by atoms with Crippen LogP contribution in [0.3, 0.4) is 0 Å². The molecule has 106 valence electrons. The average molecular weight is 329 g/mol. The highest BCUT2D eigenvalue weighted by Crippen LogP contribution is 2.17. The van der Waals surface area contributed by atoms with Gasteiger partial charge in [0.2, 0.25) is 5.91 Å². The number of likely N-dealkylation sites (N-methyl/N-ethyl adjacent to an activating group) is 1. The first-order chi connectivity index (χ1) is 9.11. The molecule has 0 saturated heterocycles. The van der Waals surface area contributed by atoms with E-state index in [1.165, 1.54) is 0 Å². The summed E-state index contributed by atoms with van der Waals surface area (Å²) in [6.45, 7) is 6.02. The first kappa shape index (κ1) is 16.0. The van der Waals surface area contributed by atoms with Crippen molar-refractivity contribution in [3.63, 3.8) is 0 Å². The third-order valence-electron chi connectivity index (χ3n) is 2.55. The van der Waals surface area contributed by atoms with E-state index in [1.807, 2.05) is 38.1 Å². The van der Waals surface area contributed by atoms with Gasteiger partial charge in [-0.15, -0.1) is 0 Å². The van der Waals surface area contributed by atoms with Gasteiger partial charge in [0.25, 0.3) is 0 Å². The highest BCUT2D eigenvalue weighted by Gasteiger charge is 2.04. The van der Waals surface area contributed by atoms with Crippen molar-refractivity contribution in [2.24, 2.45) is 0 Å². The van der Waals surface area contributed by atoms with E-state index < -0.39 is 0 Å². The molecule has 0 saturated carbocycles. The number of amides is 1. The largest absolute Gasteiger partial charge is 0.493 e. The zero-order valence-corrected chi connectivity index (χ0v) is 13.0. The molecule has 0 aliphatic heterocycles. The summed E-state index contributed by atoms with van der Waals surface area (Å²) in [5.74, 6) is 0.781. The van der Waals surface area contributed by atoms with Gasteiger partial charge in [-0.05, 0) is 31.7 Å². The third kappa shape index (κ3) is 7.18. The summed E-state index contributed by atoms with van der Waals surface area (Å²) in [7, 11) is 0. The number of rotatable bonds is 8. The van der Waals surface area contributed by atoms with Crippen molar-refractivity contribution in [3.05, 3.63) is 28.7 Å². The molecule has 1 aromatic rings. The van der Waals surface area contributed by atoms with Crippen LogP contribution in [-0.4, -0.2) is 31.6 Å². The van der Waals surface area contributed by atoms with Crippen LogP contribution < -0.4 is 15.4 Å². The second-order valence-electron chi connectivity index (χ2n) is 4.32. The van der Waals surface area contributed by atoms with E-state index in [0.717, 1.165) is 16.8 Å². The first-order valence-electron chi connectivity index (χ1n) is 6.50. The van der Waals surface area contributed by atoms with E-state index in [1.54, 1.807) is 0 Å². The van der Waals surface area contributed by atoms with Crippen LogP contribution in [0.5, 0.6) is 5.75 Å². The van der Waals surface area contributed by atoms with Gasteiger partial charge in [-0.25, -0.2) is 0 Å². The Hall–Kier alpha value is -1.07. The van der Waals surface area contributed by atoms with Crippen LogP contribution in [0.15, 0.2) is 28.7 Å². The molecule has 1 rings (SSSR count). The second kappa shape index (κ2) is 8.93. The Morgan fingerprint density at radius 2 is 2.26 bits per heavy atom. The smallest absolute Gasteiger partial charge is 0.223 e. The summed E-state index contributed by atoms with van der Waals surface area (Å²) in [6.07, 6.45) is 0.366. The van der Waals surface area contributed by atoms with Gasteiger partial charge in [0.05, 0.1) is 13.0 Å². The lowest BCUT2D eigenvalue weighted by Crippen LogP contribution is -2.39. The Labute approximate surface area is 123 Å². The van der Waals surface area contributed by atoms with Gasteiger partial charge in [0.15, 0.2) is 0 Å². The summed E-state index contributed by atoms with van der Waals surface area (Å²) >= 11 is 3.37. The molecule has 0 spiro atoms. The fourth-order valence-corrected chi connectivity index (χ4v) is 1.97. The van der Waals surface area contributed by atoms with Crippen molar-refractivity contribution in [2.75, 3.05) is 19.7 Å². The average Bonchev–Trinajstić information content (AvgIpc) is 2.37. The minimum atomic E-state index is 0.0137. The maximum absolute atomic E-state index is 11.6. The van der Waals surface area contributed by atoms with Crippen LogP contribution in [0.2, 0.25) is 0 Å². The third-order valence-corrected chi connectivity index (χ3v) is 3.05.